The number of carbonyl (C=O) groups is 2. The zero-order chi connectivity index (χ0) is 12.7. The summed E-state index contributed by atoms with van der Waals surface area (Å²) in [5.74, 6) is 0.00370. The second-order valence-corrected chi connectivity index (χ2v) is 3.84. The molecule has 0 radical (unpaired) electrons. The molecular formula is C12H16N2O3. The fraction of sp³-hybridized carbons (Fsp3) is 0.333. The molecule has 92 valence electrons. The topological polar surface area (TPSA) is 78.4 Å². The fourth-order valence-corrected chi connectivity index (χ4v) is 1.50. The first-order chi connectivity index (χ1) is 8.11. The molecule has 0 bridgehead atoms. The standard InChI is InChI=1S/C12H16N2O3/c1-9(14-12(17)7-13-8-15)6-10-2-4-11(16)5-3-10/h2-5,8-9,16H,6-7H2,1H3,(H,13,15)(H,14,17). The predicted octanol–water partition coefficient (Wildman–Crippen LogP) is 0.185. The molecule has 0 saturated heterocycles. The third-order valence-corrected chi connectivity index (χ3v) is 2.23. The Morgan fingerprint density at radius 1 is 1.41 bits per heavy atom. The molecule has 5 nitrogen and oxygen atoms in total. The molecule has 0 spiro atoms. The minimum atomic E-state index is -0.219. The lowest BCUT2D eigenvalue weighted by atomic mass is 10.1. The highest BCUT2D eigenvalue weighted by Gasteiger charge is 2.07. The van der Waals surface area contributed by atoms with Gasteiger partial charge in [0.25, 0.3) is 0 Å². The van der Waals surface area contributed by atoms with Gasteiger partial charge in [0.1, 0.15) is 5.75 Å². The third kappa shape index (κ3) is 5.01. The average molecular weight is 236 g/mol. The minimum absolute atomic E-state index is 0.0105. The molecule has 3 N–H and O–H groups in total. The molecule has 1 atom stereocenters. The number of hydrogen-bond donors (Lipinski definition) is 3. The Morgan fingerprint density at radius 3 is 2.65 bits per heavy atom. The first-order valence-corrected chi connectivity index (χ1v) is 5.36. The molecule has 17 heavy (non-hydrogen) atoms. The first-order valence-electron chi connectivity index (χ1n) is 5.36. The van der Waals surface area contributed by atoms with Gasteiger partial charge >= 0.3 is 0 Å². The summed E-state index contributed by atoms with van der Waals surface area (Å²) in [6.45, 7) is 1.87. The summed E-state index contributed by atoms with van der Waals surface area (Å²) >= 11 is 0. The van der Waals surface area contributed by atoms with E-state index in [0.717, 1.165) is 5.56 Å². The summed E-state index contributed by atoms with van der Waals surface area (Å²) in [7, 11) is 0. The molecule has 0 aliphatic rings. The van der Waals surface area contributed by atoms with Crippen molar-refractivity contribution >= 4 is 12.3 Å². The average Bonchev–Trinajstić information content (AvgIpc) is 2.29. The maximum absolute atomic E-state index is 11.3. The highest BCUT2D eigenvalue weighted by atomic mass is 16.3. The van der Waals surface area contributed by atoms with Crippen LogP contribution in [0.5, 0.6) is 5.75 Å². The van der Waals surface area contributed by atoms with Crippen LogP contribution in [-0.4, -0.2) is 30.0 Å². The van der Waals surface area contributed by atoms with Crippen LogP contribution in [0.2, 0.25) is 0 Å². The number of benzene rings is 1. The van der Waals surface area contributed by atoms with Crippen LogP contribution in [0.15, 0.2) is 24.3 Å². The van der Waals surface area contributed by atoms with Gasteiger partial charge < -0.3 is 15.7 Å². The molecule has 0 heterocycles. The van der Waals surface area contributed by atoms with Crippen molar-refractivity contribution in [2.24, 2.45) is 0 Å². The number of carbonyl (C=O) groups excluding carboxylic acids is 2. The molecule has 5 heteroatoms. The number of nitrogens with one attached hydrogen (secondary N) is 2. The Bertz CT molecular complexity index is 376. The SMILES string of the molecule is CC(Cc1ccc(O)cc1)NC(=O)CNC=O. The fourth-order valence-electron chi connectivity index (χ4n) is 1.50. The van der Waals surface area contributed by atoms with E-state index in [9.17, 15) is 9.59 Å². The zero-order valence-electron chi connectivity index (χ0n) is 9.64. The summed E-state index contributed by atoms with van der Waals surface area (Å²) < 4.78 is 0. The quantitative estimate of drug-likeness (QED) is 0.617. The number of rotatable bonds is 6. The number of phenolic OH excluding ortho intramolecular Hbond substituents is 1. The Kier molecular flexibility index (Phi) is 5.00. The van der Waals surface area contributed by atoms with Gasteiger partial charge in [-0.2, -0.15) is 0 Å². The van der Waals surface area contributed by atoms with Crippen molar-refractivity contribution in [3.8, 4) is 5.75 Å². The van der Waals surface area contributed by atoms with E-state index in [1.165, 1.54) is 0 Å². The number of amides is 2. The lowest BCUT2D eigenvalue weighted by Crippen LogP contribution is -2.39. The molecule has 0 aliphatic carbocycles. The van der Waals surface area contributed by atoms with Crippen LogP contribution in [0.25, 0.3) is 0 Å². The Balaban J connectivity index is 2.38. The van der Waals surface area contributed by atoms with Gasteiger partial charge in [-0.25, -0.2) is 0 Å². The first kappa shape index (κ1) is 13.0. The van der Waals surface area contributed by atoms with Crippen LogP contribution in [0.3, 0.4) is 0 Å². The van der Waals surface area contributed by atoms with E-state index in [1.807, 2.05) is 19.1 Å². The molecule has 1 rings (SSSR count). The van der Waals surface area contributed by atoms with Crippen LogP contribution in [0, 0.1) is 0 Å². The molecular weight excluding hydrogens is 220 g/mol. The van der Waals surface area contributed by atoms with Crippen molar-refractivity contribution < 1.29 is 14.7 Å². The van der Waals surface area contributed by atoms with Crippen molar-refractivity contribution in [2.75, 3.05) is 6.54 Å². The second-order valence-electron chi connectivity index (χ2n) is 3.84. The van der Waals surface area contributed by atoms with Gasteiger partial charge in [0.05, 0.1) is 6.54 Å². The van der Waals surface area contributed by atoms with Gasteiger partial charge in [0.2, 0.25) is 12.3 Å². The highest BCUT2D eigenvalue weighted by Crippen LogP contribution is 2.11. The van der Waals surface area contributed by atoms with Crippen molar-refractivity contribution in [1.82, 2.24) is 10.6 Å². The predicted molar refractivity (Wildman–Crippen MR) is 63.5 cm³/mol. The second kappa shape index (κ2) is 6.52. The minimum Gasteiger partial charge on any atom is -0.508 e. The smallest absolute Gasteiger partial charge is 0.239 e. The molecule has 1 aromatic rings. The molecule has 0 saturated carbocycles. The summed E-state index contributed by atoms with van der Waals surface area (Å²) in [5, 5.41) is 14.2. The van der Waals surface area contributed by atoms with E-state index in [0.29, 0.717) is 12.8 Å². The van der Waals surface area contributed by atoms with Gasteiger partial charge in [-0.1, -0.05) is 12.1 Å². The summed E-state index contributed by atoms with van der Waals surface area (Å²) in [6.07, 6.45) is 1.16. The normalized spacial score (nSPS) is 11.6. The molecule has 0 aliphatic heterocycles. The van der Waals surface area contributed by atoms with Gasteiger partial charge in [0.15, 0.2) is 0 Å². The molecule has 2 amide bonds. The Labute approximate surface area is 99.8 Å². The van der Waals surface area contributed by atoms with Gasteiger partial charge in [0, 0.05) is 6.04 Å². The van der Waals surface area contributed by atoms with Crippen LogP contribution < -0.4 is 10.6 Å². The molecule has 0 fully saturated rings. The third-order valence-electron chi connectivity index (χ3n) is 2.23. The van der Waals surface area contributed by atoms with Gasteiger partial charge in [-0.05, 0) is 31.0 Å². The van der Waals surface area contributed by atoms with E-state index in [-0.39, 0.29) is 24.2 Å². The molecule has 1 unspecified atom stereocenters. The Morgan fingerprint density at radius 2 is 2.06 bits per heavy atom. The Hall–Kier alpha value is -2.04. The molecule has 0 aromatic heterocycles. The van der Waals surface area contributed by atoms with E-state index in [2.05, 4.69) is 10.6 Å². The zero-order valence-corrected chi connectivity index (χ0v) is 9.64. The maximum Gasteiger partial charge on any atom is 0.239 e. The lowest BCUT2D eigenvalue weighted by molar-refractivity contribution is -0.122. The van der Waals surface area contributed by atoms with E-state index in [4.69, 9.17) is 5.11 Å². The maximum atomic E-state index is 11.3. The van der Waals surface area contributed by atoms with Crippen LogP contribution in [0.1, 0.15) is 12.5 Å². The molecule has 1 aromatic carbocycles. The highest BCUT2D eigenvalue weighted by molar-refractivity contribution is 5.80. The van der Waals surface area contributed by atoms with Crippen molar-refractivity contribution in [3.05, 3.63) is 29.8 Å². The number of aromatic hydroxyl groups is 1. The summed E-state index contributed by atoms with van der Waals surface area (Å²) in [4.78, 5) is 21.3. The number of phenols is 1. The monoisotopic (exact) mass is 236 g/mol. The summed E-state index contributed by atoms with van der Waals surface area (Å²) in [6, 6.07) is 6.80. The van der Waals surface area contributed by atoms with Gasteiger partial charge in [-0.3, -0.25) is 9.59 Å². The lowest BCUT2D eigenvalue weighted by Gasteiger charge is -2.13. The van der Waals surface area contributed by atoms with E-state index < -0.39 is 0 Å². The largest absolute Gasteiger partial charge is 0.508 e. The van der Waals surface area contributed by atoms with Gasteiger partial charge in [-0.15, -0.1) is 0 Å². The van der Waals surface area contributed by atoms with Crippen LogP contribution in [0.4, 0.5) is 0 Å². The van der Waals surface area contributed by atoms with E-state index in [1.54, 1.807) is 12.1 Å². The van der Waals surface area contributed by atoms with Crippen molar-refractivity contribution in [2.45, 2.75) is 19.4 Å². The van der Waals surface area contributed by atoms with Crippen LogP contribution >= 0.6 is 0 Å². The summed E-state index contributed by atoms with van der Waals surface area (Å²) in [5.41, 5.74) is 1.03. The van der Waals surface area contributed by atoms with Crippen molar-refractivity contribution in [3.63, 3.8) is 0 Å². The van der Waals surface area contributed by atoms with E-state index >= 15 is 0 Å². The number of hydrogen-bond acceptors (Lipinski definition) is 3. The van der Waals surface area contributed by atoms with Crippen LogP contribution in [-0.2, 0) is 16.0 Å². The van der Waals surface area contributed by atoms with Crippen molar-refractivity contribution in [1.29, 1.82) is 0 Å².